The summed E-state index contributed by atoms with van der Waals surface area (Å²) in [6.07, 6.45) is 0.471. The van der Waals surface area contributed by atoms with Gasteiger partial charge in [0.05, 0.1) is 11.3 Å². The minimum atomic E-state index is -0.525. The zero-order valence-corrected chi connectivity index (χ0v) is 12.4. The second-order valence-electron chi connectivity index (χ2n) is 3.69. The molecule has 2 rings (SSSR count). The van der Waals surface area contributed by atoms with E-state index in [9.17, 15) is 9.59 Å². The van der Waals surface area contributed by atoms with E-state index in [4.69, 9.17) is 11.6 Å². The van der Waals surface area contributed by atoms with Crippen LogP contribution >= 0.6 is 34.2 Å². The molecule has 94 valence electrons. The van der Waals surface area contributed by atoms with Crippen LogP contribution in [0, 0.1) is 3.57 Å². The summed E-state index contributed by atoms with van der Waals surface area (Å²) in [6.45, 7) is 1.82. The maximum absolute atomic E-state index is 12.2. The van der Waals surface area contributed by atoms with Crippen molar-refractivity contribution in [1.82, 2.24) is 9.55 Å². The summed E-state index contributed by atoms with van der Waals surface area (Å²) in [5.74, 6) is 0. The van der Waals surface area contributed by atoms with Crippen LogP contribution in [0.2, 0.25) is 5.15 Å². The highest BCUT2D eigenvalue weighted by Gasteiger charge is 2.12. The lowest BCUT2D eigenvalue weighted by molar-refractivity contribution is 0.842. The number of hydrogen-bond acceptors (Lipinski definition) is 2. The molecule has 1 aromatic carbocycles. The summed E-state index contributed by atoms with van der Waals surface area (Å²) >= 11 is 8.01. The summed E-state index contributed by atoms with van der Waals surface area (Å²) in [5.41, 5.74) is 0.0544. The number of H-pyrrole nitrogens is 1. The molecule has 1 heterocycles. The third-order valence-corrected chi connectivity index (χ3v) is 3.63. The standard InChI is InChI=1S/C12H10ClIN2O2/c1-2-9-10(13)15-12(18)16(11(9)17)8-5-3-7(14)4-6-8/h3-6H,2H2,1H3,(H,15,18). The van der Waals surface area contributed by atoms with Crippen molar-refractivity contribution in [3.8, 4) is 5.69 Å². The van der Waals surface area contributed by atoms with E-state index in [1.165, 1.54) is 0 Å². The summed E-state index contributed by atoms with van der Waals surface area (Å²) < 4.78 is 2.13. The van der Waals surface area contributed by atoms with Crippen molar-refractivity contribution in [1.29, 1.82) is 0 Å². The van der Waals surface area contributed by atoms with Gasteiger partial charge >= 0.3 is 5.69 Å². The molecule has 0 amide bonds. The molecule has 0 aliphatic heterocycles. The second-order valence-corrected chi connectivity index (χ2v) is 5.32. The van der Waals surface area contributed by atoms with Gasteiger partial charge in [-0.25, -0.2) is 9.36 Å². The summed E-state index contributed by atoms with van der Waals surface area (Å²) in [7, 11) is 0. The Bertz CT molecular complexity index is 689. The van der Waals surface area contributed by atoms with Crippen LogP contribution in [-0.2, 0) is 6.42 Å². The molecule has 0 spiro atoms. The minimum absolute atomic E-state index is 0.120. The average molecular weight is 377 g/mol. The molecule has 0 aliphatic carbocycles. The Morgan fingerprint density at radius 3 is 2.44 bits per heavy atom. The molecule has 4 nitrogen and oxygen atoms in total. The predicted octanol–water partition coefficient (Wildman–Crippen LogP) is 2.35. The van der Waals surface area contributed by atoms with Gasteiger partial charge in [-0.3, -0.25) is 9.78 Å². The maximum Gasteiger partial charge on any atom is 0.334 e. The Balaban J connectivity index is 2.76. The molecule has 0 fully saturated rings. The van der Waals surface area contributed by atoms with Gasteiger partial charge in [0, 0.05) is 3.57 Å². The normalized spacial score (nSPS) is 10.6. The van der Waals surface area contributed by atoms with Gasteiger partial charge in [-0.15, -0.1) is 0 Å². The molecule has 0 atom stereocenters. The Kier molecular flexibility index (Phi) is 3.91. The van der Waals surface area contributed by atoms with Crippen molar-refractivity contribution in [3.63, 3.8) is 0 Å². The minimum Gasteiger partial charge on any atom is -0.297 e. The number of benzene rings is 1. The topological polar surface area (TPSA) is 54.9 Å². The highest BCUT2D eigenvalue weighted by Crippen LogP contribution is 2.10. The highest BCUT2D eigenvalue weighted by molar-refractivity contribution is 14.1. The highest BCUT2D eigenvalue weighted by atomic mass is 127. The zero-order chi connectivity index (χ0) is 13.3. The first kappa shape index (κ1) is 13.4. The molecular weight excluding hydrogens is 367 g/mol. The van der Waals surface area contributed by atoms with E-state index in [0.717, 1.165) is 8.14 Å². The van der Waals surface area contributed by atoms with Crippen LogP contribution in [0.4, 0.5) is 0 Å². The van der Waals surface area contributed by atoms with Crippen LogP contribution < -0.4 is 11.2 Å². The third-order valence-electron chi connectivity index (χ3n) is 2.58. The molecule has 0 unspecified atom stereocenters. The summed E-state index contributed by atoms with van der Waals surface area (Å²) in [6, 6.07) is 7.13. The van der Waals surface area contributed by atoms with E-state index < -0.39 is 5.69 Å². The van der Waals surface area contributed by atoms with E-state index in [1.807, 2.05) is 19.1 Å². The summed E-state index contributed by atoms with van der Waals surface area (Å²) in [5, 5.41) is 0.120. The zero-order valence-electron chi connectivity index (χ0n) is 9.54. The second kappa shape index (κ2) is 5.27. The van der Waals surface area contributed by atoms with Crippen molar-refractivity contribution >= 4 is 34.2 Å². The molecule has 0 saturated carbocycles. The van der Waals surface area contributed by atoms with E-state index in [0.29, 0.717) is 17.7 Å². The van der Waals surface area contributed by atoms with Crippen molar-refractivity contribution < 1.29 is 0 Å². The lowest BCUT2D eigenvalue weighted by Gasteiger charge is -2.07. The van der Waals surface area contributed by atoms with Gasteiger partial charge in [0.25, 0.3) is 5.56 Å². The number of rotatable bonds is 2. The molecule has 0 radical (unpaired) electrons. The maximum atomic E-state index is 12.2. The van der Waals surface area contributed by atoms with E-state index in [-0.39, 0.29) is 10.7 Å². The number of aromatic amines is 1. The Labute approximate surface area is 122 Å². The van der Waals surface area contributed by atoms with Crippen molar-refractivity contribution in [2.45, 2.75) is 13.3 Å². The Hall–Kier alpha value is -1.08. The lowest BCUT2D eigenvalue weighted by atomic mass is 10.2. The van der Waals surface area contributed by atoms with Crippen LogP contribution in [0.25, 0.3) is 5.69 Å². The first-order chi connectivity index (χ1) is 8.54. The molecule has 6 heteroatoms. The quantitative estimate of drug-likeness (QED) is 0.646. The van der Waals surface area contributed by atoms with Crippen molar-refractivity contribution in [2.24, 2.45) is 0 Å². The fourth-order valence-corrected chi connectivity index (χ4v) is 2.33. The molecule has 1 aromatic heterocycles. The van der Waals surface area contributed by atoms with Gasteiger partial charge in [0.2, 0.25) is 0 Å². The van der Waals surface area contributed by atoms with Crippen LogP contribution in [-0.4, -0.2) is 9.55 Å². The molecule has 2 aromatic rings. The first-order valence-electron chi connectivity index (χ1n) is 5.34. The van der Waals surface area contributed by atoms with Crippen molar-refractivity contribution in [3.05, 3.63) is 59.4 Å². The molecule has 0 saturated heterocycles. The van der Waals surface area contributed by atoms with Crippen LogP contribution in [0.5, 0.6) is 0 Å². The summed E-state index contributed by atoms with van der Waals surface area (Å²) in [4.78, 5) is 26.5. The first-order valence-corrected chi connectivity index (χ1v) is 6.80. The Morgan fingerprint density at radius 2 is 1.89 bits per heavy atom. The van der Waals surface area contributed by atoms with E-state index >= 15 is 0 Å². The fourth-order valence-electron chi connectivity index (χ4n) is 1.68. The van der Waals surface area contributed by atoms with Gasteiger partial charge in [-0.05, 0) is 53.3 Å². The number of aromatic nitrogens is 2. The van der Waals surface area contributed by atoms with Gasteiger partial charge in [0.15, 0.2) is 0 Å². The van der Waals surface area contributed by atoms with Crippen LogP contribution in [0.15, 0.2) is 33.9 Å². The van der Waals surface area contributed by atoms with E-state index in [1.54, 1.807) is 12.1 Å². The SMILES string of the molecule is CCc1c(Cl)[nH]c(=O)n(-c2ccc(I)cc2)c1=O. The van der Waals surface area contributed by atoms with Gasteiger partial charge in [0.1, 0.15) is 5.15 Å². The number of nitrogens with one attached hydrogen (secondary N) is 1. The lowest BCUT2D eigenvalue weighted by Crippen LogP contribution is -2.36. The van der Waals surface area contributed by atoms with E-state index in [2.05, 4.69) is 27.6 Å². The molecule has 18 heavy (non-hydrogen) atoms. The number of hydrogen-bond donors (Lipinski definition) is 1. The molecule has 0 aliphatic rings. The van der Waals surface area contributed by atoms with Gasteiger partial charge in [-0.2, -0.15) is 0 Å². The number of nitrogens with zero attached hydrogens (tertiary/aromatic N) is 1. The Morgan fingerprint density at radius 1 is 1.28 bits per heavy atom. The smallest absolute Gasteiger partial charge is 0.297 e. The monoisotopic (exact) mass is 376 g/mol. The predicted molar refractivity (Wildman–Crippen MR) is 79.8 cm³/mol. The fraction of sp³-hybridized carbons (Fsp3) is 0.167. The van der Waals surface area contributed by atoms with Gasteiger partial charge in [-0.1, -0.05) is 18.5 Å². The molecule has 0 bridgehead atoms. The number of halogens is 2. The van der Waals surface area contributed by atoms with Crippen molar-refractivity contribution in [2.75, 3.05) is 0 Å². The third kappa shape index (κ3) is 2.37. The largest absolute Gasteiger partial charge is 0.334 e. The molecular formula is C12H10ClIN2O2. The van der Waals surface area contributed by atoms with Crippen LogP contribution in [0.1, 0.15) is 12.5 Å². The van der Waals surface area contributed by atoms with Gasteiger partial charge < -0.3 is 0 Å². The van der Waals surface area contributed by atoms with Crippen LogP contribution in [0.3, 0.4) is 0 Å². The average Bonchev–Trinajstić information content (AvgIpc) is 2.31. The molecule has 1 N–H and O–H groups in total.